The summed E-state index contributed by atoms with van der Waals surface area (Å²) in [5.41, 5.74) is 2.13. The zero-order valence-electron chi connectivity index (χ0n) is 14.7. The predicted octanol–water partition coefficient (Wildman–Crippen LogP) is 4.42. The van der Waals surface area contributed by atoms with E-state index < -0.39 is 4.92 Å². The van der Waals surface area contributed by atoms with E-state index in [2.05, 4.69) is 29.6 Å². The lowest BCUT2D eigenvalue weighted by molar-refractivity contribution is -0.384. The second-order valence-electron chi connectivity index (χ2n) is 6.47. The van der Waals surface area contributed by atoms with Crippen LogP contribution in [0.1, 0.15) is 28.4 Å². The second kappa shape index (κ2) is 7.35. The zero-order chi connectivity index (χ0) is 18.7. The monoisotopic (exact) mass is 348 g/mol. The van der Waals surface area contributed by atoms with Gasteiger partial charge in [-0.2, -0.15) is 0 Å². The Morgan fingerprint density at radius 1 is 1.12 bits per heavy atom. The molecule has 1 amide bonds. The Hall–Kier alpha value is -3.21. The van der Waals surface area contributed by atoms with Gasteiger partial charge in [0.25, 0.3) is 11.6 Å². The van der Waals surface area contributed by atoms with Crippen molar-refractivity contribution >= 4 is 22.4 Å². The van der Waals surface area contributed by atoms with Gasteiger partial charge in [-0.05, 0) is 42.2 Å². The number of nitrogens with zero attached hydrogens (tertiary/aromatic N) is 1. The molecule has 1 atom stereocenters. The number of carbonyl (C=O) groups is 1. The van der Waals surface area contributed by atoms with E-state index in [1.165, 1.54) is 17.5 Å². The van der Waals surface area contributed by atoms with Crippen molar-refractivity contribution in [1.29, 1.82) is 0 Å². The van der Waals surface area contributed by atoms with Crippen molar-refractivity contribution in [2.45, 2.75) is 26.3 Å². The number of carbonyl (C=O) groups excluding carboxylic acids is 1. The van der Waals surface area contributed by atoms with E-state index in [-0.39, 0.29) is 17.6 Å². The highest BCUT2D eigenvalue weighted by Gasteiger charge is 2.17. The number of fused-ring (bicyclic) bond motifs is 1. The van der Waals surface area contributed by atoms with Crippen LogP contribution in [-0.2, 0) is 6.42 Å². The SMILES string of the molecule is Cc1ccc([N+](=O)[O-])cc1C(=O)NC(C)Cc1cccc2ccccc12. The van der Waals surface area contributed by atoms with Crippen LogP contribution in [0.4, 0.5) is 5.69 Å². The highest BCUT2D eigenvalue weighted by Crippen LogP contribution is 2.21. The van der Waals surface area contributed by atoms with Crippen molar-refractivity contribution < 1.29 is 9.72 Å². The van der Waals surface area contributed by atoms with Crippen molar-refractivity contribution in [2.75, 3.05) is 0 Å². The molecular formula is C21H20N2O3. The number of benzene rings is 3. The molecule has 0 heterocycles. The Morgan fingerprint density at radius 3 is 2.62 bits per heavy atom. The number of aryl methyl sites for hydroxylation is 1. The molecule has 1 unspecified atom stereocenters. The van der Waals surface area contributed by atoms with Crippen LogP contribution in [0.15, 0.2) is 60.7 Å². The first-order valence-electron chi connectivity index (χ1n) is 8.48. The smallest absolute Gasteiger partial charge is 0.270 e. The van der Waals surface area contributed by atoms with E-state index in [0.29, 0.717) is 17.5 Å². The minimum absolute atomic E-state index is 0.0811. The van der Waals surface area contributed by atoms with Crippen molar-refractivity contribution in [3.05, 3.63) is 87.5 Å². The number of hydrogen-bond donors (Lipinski definition) is 1. The van der Waals surface area contributed by atoms with Crippen LogP contribution in [0.2, 0.25) is 0 Å². The summed E-state index contributed by atoms with van der Waals surface area (Å²) in [6, 6.07) is 18.5. The fourth-order valence-electron chi connectivity index (χ4n) is 3.12. The predicted molar refractivity (Wildman–Crippen MR) is 102 cm³/mol. The lowest BCUT2D eigenvalue weighted by Gasteiger charge is -2.16. The van der Waals surface area contributed by atoms with Crippen LogP contribution in [0, 0.1) is 17.0 Å². The minimum Gasteiger partial charge on any atom is -0.349 e. The normalized spacial score (nSPS) is 11.9. The van der Waals surface area contributed by atoms with E-state index in [1.807, 2.05) is 25.1 Å². The molecular weight excluding hydrogens is 328 g/mol. The van der Waals surface area contributed by atoms with Crippen LogP contribution in [0.25, 0.3) is 10.8 Å². The number of non-ortho nitro benzene ring substituents is 1. The highest BCUT2D eigenvalue weighted by atomic mass is 16.6. The van der Waals surface area contributed by atoms with Crippen molar-refractivity contribution in [3.8, 4) is 0 Å². The maximum absolute atomic E-state index is 12.6. The molecule has 0 saturated heterocycles. The van der Waals surface area contributed by atoms with Gasteiger partial charge in [0.2, 0.25) is 0 Å². The van der Waals surface area contributed by atoms with Gasteiger partial charge < -0.3 is 5.32 Å². The molecule has 0 spiro atoms. The van der Waals surface area contributed by atoms with Gasteiger partial charge in [-0.1, -0.05) is 48.5 Å². The number of nitrogens with one attached hydrogen (secondary N) is 1. The number of amides is 1. The maximum atomic E-state index is 12.6. The molecule has 0 aromatic heterocycles. The molecule has 0 radical (unpaired) electrons. The summed E-state index contributed by atoms with van der Waals surface area (Å²) in [7, 11) is 0. The largest absolute Gasteiger partial charge is 0.349 e. The van der Waals surface area contributed by atoms with Gasteiger partial charge >= 0.3 is 0 Å². The number of rotatable bonds is 5. The molecule has 0 saturated carbocycles. The van der Waals surface area contributed by atoms with Crippen LogP contribution in [0.3, 0.4) is 0 Å². The summed E-state index contributed by atoms with van der Waals surface area (Å²) < 4.78 is 0. The molecule has 132 valence electrons. The number of hydrogen-bond acceptors (Lipinski definition) is 3. The molecule has 1 N–H and O–H groups in total. The Bertz CT molecular complexity index is 977. The summed E-state index contributed by atoms with van der Waals surface area (Å²) >= 11 is 0. The fraction of sp³-hybridized carbons (Fsp3) is 0.190. The molecule has 26 heavy (non-hydrogen) atoms. The lowest BCUT2D eigenvalue weighted by Crippen LogP contribution is -2.34. The molecule has 0 aliphatic carbocycles. The minimum atomic E-state index is -0.490. The van der Waals surface area contributed by atoms with Gasteiger partial charge in [0, 0.05) is 23.7 Å². The molecule has 3 rings (SSSR count). The average Bonchev–Trinajstić information content (AvgIpc) is 2.62. The summed E-state index contributed by atoms with van der Waals surface area (Å²) in [6.45, 7) is 3.71. The van der Waals surface area contributed by atoms with Gasteiger partial charge in [-0.3, -0.25) is 14.9 Å². The molecule has 3 aromatic carbocycles. The van der Waals surface area contributed by atoms with E-state index >= 15 is 0 Å². The van der Waals surface area contributed by atoms with E-state index in [4.69, 9.17) is 0 Å². The summed E-state index contributed by atoms with van der Waals surface area (Å²) in [6.07, 6.45) is 0.682. The van der Waals surface area contributed by atoms with Crippen molar-refractivity contribution in [1.82, 2.24) is 5.32 Å². The molecule has 5 nitrogen and oxygen atoms in total. The number of nitro groups is 1. The van der Waals surface area contributed by atoms with Crippen LogP contribution >= 0.6 is 0 Å². The molecule has 0 aliphatic heterocycles. The quantitative estimate of drug-likeness (QED) is 0.548. The first kappa shape index (κ1) is 17.6. The van der Waals surface area contributed by atoms with Crippen molar-refractivity contribution in [3.63, 3.8) is 0 Å². The highest BCUT2D eigenvalue weighted by molar-refractivity contribution is 5.96. The van der Waals surface area contributed by atoms with Gasteiger partial charge in [0.1, 0.15) is 0 Å². The average molecular weight is 348 g/mol. The maximum Gasteiger partial charge on any atom is 0.270 e. The molecule has 5 heteroatoms. The first-order chi connectivity index (χ1) is 12.5. The lowest BCUT2D eigenvalue weighted by atomic mass is 9.99. The summed E-state index contributed by atoms with van der Waals surface area (Å²) in [4.78, 5) is 23.0. The second-order valence-corrected chi connectivity index (χ2v) is 6.47. The number of nitro benzene ring substituents is 1. The Balaban J connectivity index is 1.77. The third-order valence-electron chi connectivity index (χ3n) is 4.46. The van der Waals surface area contributed by atoms with E-state index in [0.717, 1.165) is 10.9 Å². The van der Waals surface area contributed by atoms with Gasteiger partial charge in [0.15, 0.2) is 0 Å². The zero-order valence-corrected chi connectivity index (χ0v) is 14.7. The molecule has 0 fully saturated rings. The van der Waals surface area contributed by atoms with Crippen molar-refractivity contribution in [2.24, 2.45) is 0 Å². The standard InChI is InChI=1S/C21H20N2O3/c1-14-10-11-18(23(25)26)13-20(14)21(24)22-15(2)12-17-8-5-7-16-6-3-4-9-19(16)17/h3-11,13,15H,12H2,1-2H3,(H,22,24). The van der Waals surface area contributed by atoms with Crippen LogP contribution in [-0.4, -0.2) is 16.9 Å². The molecule has 0 bridgehead atoms. The van der Waals surface area contributed by atoms with E-state index in [9.17, 15) is 14.9 Å². The fourth-order valence-corrected chi connectivity index (χ4v) is 3.12. The Kier molecular flexibility index (Phi) is 4.98. The third-order valence-corrected chi connectivity index (χ3v) is 4.46. The first-order valence-corrected chi connectivity index (χ1v) is 8.48. The topological polar surface area (TPSA) is 72.2 Å². The van der Waals surface area contributed by atoms with Gasteiger partial charge in [-0.25, -0.2) is 0 Å². The summed E-state index contributed by atoms with van der Waals surface area (Å²) in [5, 5.41) is 16.2. The van der Waals surface area contributed by atoms with Gasteiger partial charge in [0.05, 0.1) is 4.92 Å². The van der Waals surface area contributed by atoms with Gasteiger partial charge in [-0.15, -0.1) is 0 Å². The molecule has 3 aromatic rings. The molecule has 0 aliphatic rings. The summed E-state index contributed by atoms with van der Waals surface area (Å²) in [5.74, 6) is -0.293. The Labute approximate surface area is 151 Å². The van der Waals surface area contributed by atoms with E-state index in [1.54, 1.807) is 13.0 Å². The van der Waals surface area contributed by atoms with Crippen LogP contribution in [0.5, 0.6) is 0 Å². The van der Waals surface area contributed by atoms with Crippen LogP contribution < -0.4 is 5.32 Å². The Morgan fingerprint density at radius 2 is 1.85 bits per heavy atom. The third kappa shape index (κ3) is 3.72.